The van der Waals surface area contributed by atoms with E-state index in [4.69, 9.17) is 14.2 Å². The van der Waals surface area contributed by atoms with Crippen LogP contribution in [-0.2, 0) is 16.0 Å². The third-order valence-electron chi connectivity index (χ3n) is 4.68. The van der Waals surface area contributed by atoms with E-state index in [-0.39, 0.29) is 12.3 Å². The number of amides is 2. The quantitative estimate of drug-likeness (QED) is 0.780. The molecule has 1 aromatic carbocycles. The van der Waals surface area contributed by atoms with Gasteiger partial charge in [-0.05, 0) is 30.5 Å². The molecule has 2 N–H and O–H groups in total. The van der Waals surface area contributed by atoms with Crippen LogP contribution in [0.4, 0.5) is 0 Å². The molecule has 8 heteroatoms. The molecule has 0 spiro atoms. The Bertz CT molecular complexity index is 681. The minimum absolute atomic E-state index is 0.0997. The predicted octanol–water partition coefficient (Wildman–Crippen LogP) is 0.0643. The van der Waals surface area contributed by atoms with Crippen molar-refractivity contribution in [2.24, 2.45) is 0 Å². The number of carbonyl (C=O) groups excluding carboxylic acids is 2. The van der Waals surface area contributed by atoms with Gasteiger partial charge >= 0.3 is 0 Å². The van der Waals surface area contributed by atoms with E-state index in [2.05, 4.69) is 5.32 Å². The maximum absolute atomic E-state index is 12.7. The molecule has 0 radical (unpaired) electrons. The van der Waals surface area contributed by atoms with Gasteiger partial charge in [-0.2, -0.15) is 0 Å². The molecule has 0 aliphatic carbocycles. The van der Waals surface area contributed by atoms with Crippen LogP contribution in [0.25, 0.3) is 0 Å². The van der Waals surface area contributed by atoms with Crippen LogP contribution in [0, 0.1) is 0 Å². The predicted molar refractivity (Wildman–Crippen MR) is 87.6 cm³/mol. The summed E-state index contributed by atoms with van der Waals surface area (Å²) in [5.74, 6) is 0.429. The number of rotatable bonds is 5. The standard InChI is InChI=1S/C17H22N2O6/c1-23-12-7-10(8-13(24-2)14(12)25-3)9-17(22)16(21)19-6-4-5-11(19)15(20)18-17/h7-8,11,22H,4-6,9H2,1-3H3,(H,18,20)/t11-,17+/m0/s1. The van der Waals surface area contributed by atoms with Gasteiger partial charge in [-0.3, -0.25) is 9.59 Å². The van der Waals surface area contributed by atoms with Crippen LogP contribution in [0.5, 0.6) is 17.2 Å². The number of aliphatic hydroxyl groups is 1. The van der Waals surface area contributed by atoms with E-state index in [0.29, 0.717) is 35.8 Å². The van der Waals surface area contributed by atoms with E-state index in [0.717, 1.165) is 6.42 Å². The molecule has 2 heterocycles. The SMILES string of the molecule is COc1cc(C[C@]2(O)NC(=O)[C@@H]3CCCN3C2=O)cc(OC)c1OC. The summed E-state index contributed by atoms with van der Waals surface area (Å²) in [7, 11) is 4.46. The molecule has 2 fully saturated rings. The van der Waals surface area contributed by atoms with Crippen LogP contribution < -0.4 is 19.5 Å². The fourth-order valence-corrected chi connectivity index (χ4v) is 3.51. The first-order valence-corrected chi connectivity index (χ1v) is 8.08. The molecule has 25 heavy (non-hydrogen) atoms. The van der Waals surface area contributed by atoms with E-state index < -0.39 is 17.7 Å². The second-order valence-electron chi connectivity index (χ2n) is 6.22. The summed E-state index contributed by atoms with van der Waals surface area (Å²) in [6, 6.07) is 2.82. The topological polar surface area (TPSA) is 97.3 Å². The van der Waals surface area contributed by atoms with Crippen molar-refractivity contribution in [1.29, 1.82) is 0 Å². The summed E-state index contributed by atoms with van der Waals surface area (Å²) in [5, 5.41) is 13.3. The minimum Gasteiger partial charge on any atom is -0.493 e. The maximum Gasteiger partial charge on any atom is 0.276 e. The third kappa shape index (κ3) is 2.86. The molecule has 2 atom stereocenters. The summed E-state index contributed by atoms with van der Waals surface area (Å²) >= 11 is 0. The van der Waals surface area contributed by atoms with Crippen molar-refractivity contribution < 1.29 is 28.9 Å². The summed E-state index contributed by atoms with van der Waals surface area (Å²) in [6.45, 7) is 0.481. The lowest BCUT2D eigenvalue weighted by Crippen LogP contribution is -2.69. The zero-order chi connectivity index (χ0) is 18.2. The van der Waals surface area contributed by atoms with Gasteiger partial charge in [0, 0.05) is 13.0 Å². The van der Waals surface area contributed by atoms with Crippen molar-refractivity contribution in [2.45, 2.75) is 31.0 Å². The highest BCUT2D eigenvalue weighted by Crippen LogP contribution is 2.39. The maximum atomic E-state index is 12.7. The van der Waals surface area contributed by atoms with E-state index in [1.54, 1.807) is 12.1 Å². The number of benzene rings is 1. The van der Waals surface area contributed by atoms with Crippen molar-refractivity contribution in [2.75, 3.05) is 27.9 Å². The second-order valence-corrected chi connectivity index (χ2v) is 6.22. The first-order chi connectivity index (χ1) is 11.9. The van der Waals surface area contributed by atoms with Gasteiger partial charge in [-0.25, -0.2) is 0 Å². The first kappa shape index (κ1) is 17.3. The fourth-order valence-electron chi connectivity index (χ4n) is 3.51. The van der Waals surface area contributed by atoms with Gasteiger partial charge in [0.1, 0.15) is 6.04 Å². The lowest BCUT2D eigenvalue weighted by Gasteiger charge is -2.40. The van der Waals surface area contributed by atoms with Gasteiger partial charge in [0.05, 0.1) is 21.3 Å². The summed E-state index contributed by atoms with van der Waals surface area (Å²) < 4.78 is 15.8. The Balaban J connectivity index is 1.93. The molecule has 2 saturated heterocycles. The van der Waals surface area contributed by atoms with E-state index in [1.165, 1.54) is 26.2 Å². The molecule has 1 aromatic rings. The van der Waals surface area contributed by atoms with Crippen LogP contribution in [0.2, 0.25) is 0 Å². The lowest BCUT2D eigenvalue weighted by atomic mass is 9.96. The van der Waals surface area contributed by atoms with Crippen molar-refractivity contribution >= 4 is 11.8 Å². The third-order valence-corrected chi connectivity index (χ3v) is 4.68. The zero-order valence-electron chi connectivity index (χ0n) is 14.5. The lowest BCUT2D eigenvalue weighted by molar-refractivity contribution is -0.170. The molecule has 2 amide bonds. The molecule has 0 aromatic heterocycles. The molecule has 0 saturated carbocycles. The molecule has 136 valence electrons. The second kappa shape index (κ2) is 6.44. The smallest absolute Gasteiger partial charge is 0.276 e. The van der Waals surface area contributed by atoms with Crippen LogP contribution in [0.1, 0.15) is 18.4 Å². The summed E-state index contributed by atoms with van der Waals surface area (Å²) in [5.41, 5.74) is -1.41. The van der Waals surface area contributed by atoms with Crippen molar-refractivity contribution in [1.82, 2.24) is 10.2 Å². The summed E-state index contributed by atoms with van der Waals surface area (Å²) in [6.07, 6.45) is 1.28. The number of nitrogens with one attached hydrogen (secondary N) is 1. The number of ether oxygens (including phenoxy) is 3. The average molecular weight is 350 g/mol. The zero-order valence-corrected chi connectivity index (χ0v) is 14.5. The number of fused-ring (bicyclic) bond motifs is 1. The van der Waals surface area contributed by atoms with Crippen molar-refractivity contribution in [3.05, 3.63) is 17.7 Å². The Labute approximate surface area is 145 Å². The van der Waals surface area contributed by atoms with Gasteiger partial charge in [-0.1, -0.05) is 0 Å². The van der Waals surface area contributed by atoms with Crippen LogP contribution in [0.15, 0.2) is 12.1 Å². The Kier molecular flexibility index (Phi) is 4.47. The molecule has 2 aliphatic heterocycles. The number of nitrogens with zero attached hydrogens (tertiary/aromatic N) is 1. The van der Waals surface area contributed by atoms with Crippen molar-refractivity contribution in [3.8, 4) is 17.2 Å². The molecule has 0 unspecified atom stereocenters. The Hall–Kier alpha value is -2.48. The van der Waals surface area contributed by atoms with Gasteiger partial charge in [0.25, 0.3) is 5.91 Å². The van der Waals surface area contributed by atoms with Gasteiger partial charge in [0.2, 0.25) is 17.4 Å². The molecular weight excluding hydrogens is 328 g/mol. The number of carbonyl (C=O) groups is 2. The fraction of sp³-hybridized carbons (Fsp3) is 0.529. The Morgan fingerprint density at radius 1 is 1.20 bits per heavy atom. The monoisotopic (exact) mass is 350 g/mol. The Morgan fingerprint density at radius 2 is 1.84 bits per heavy atom. The van der Waals surface area contributed by atoms with Gasteiger partial charge in [-0.15, -0.1) is 0 Å². The number of hydrogen-bond donors (Lipinski definition) is 2. The molecule has 0 bridgehead atoms. The largest absolute Gasteiger partial charge is 0.493 e. The Morgan fingerprint density at radius 3 is 2.40 bits per heavy atom. The van der Waals surface area contributed by atoms with Crippen LogP contribution in [0.3, 0.4) is 0 Å². The van der Waals surface area contributed by atoms with Crippen LogP contribution in [-0.4, -0.2) is 61.5 Å². The van der Waals surface area contributed by atoms with Gasteiger partial charge in [0.15, 0.2) is 11.5 Å². The van der Waals surface area contributed by atoms with E-state index in [9.17, 15) is 14.7 Å². The minimum atomic E-state index is -1.98. The van der Waals surface area contributed by atoms with Crippen LogP contribution >= 0.6 is 0 Å². The highest BCUT2D eigenvalue weighted by atomic mass is 16.5. The summed E-state index contributed by atoms with van der Waals surface area (Å²) in [4.78, 5) is 26.4. The number of piperazine rings is 1. The number of methoxy groups -OCH3 is 3. The number of hydrogen-bond acceptors (Lipinski definition) is 6. The molecule has 8 nitrogen and oxygen atoms in total. The average Bonchev–Trinajstić information content (AvgIpc) is 3.09. The highest BCUT2D eigenvalue weighted by molar-refractivity contribution is 5.99. The molecule has 2 aliphatic rings. The molecular formula is C17H22N2O6. The van der Waals surface area contributed by atoms with Crippen molar-refractivity contribution in [3.63, 3.8) is 0 Å². The highest BCUT2D eigenvalue weighted by Gasteiger charge is 2.51. The normalized spacial score (nSPS) is 25.4. The first-order valence-electron chi connectivity index (χ1n) is 8.08. The molecule has 3 rings (SSSR count). The van der Waals surface area contributed by atoms with E-state index >= 15 is 0 Å². The van der Waals surface area contributed by atoms with E-state index in [1.807, 2.05) is 0 Å². The van der Waals surface area contributed by atoms with Gasteiger partial charge < -0.3 is 29.5 Å².